The van der Waals surface area contributed by atoms with Crippen LogP contribution in [0.2, 0.25) is 0 Å². The predicted molar refractivity (Wildman–Crippen MR) is 118 cm³/mol. The number of carboxylic acid groups (broad SMARTS) is 1. The Bertz CT molecular complexity index is 1100. The molecule has 0 unspecified atom stereocenters. The Hall–Kier alpha value is -2.91. The zero-order valence-corrected chi connectivity index (χ0v) is 18.4. The van der Waals surface area contributed by atoms with E-state index in [0.29, 0.717) is 34.8 Å². The molecule has 8 nitrogen and oxygen atoms in total. The standard InChI is InChI=1S/C23H24N2O6S/c1-30-13-7-3-2-6-12(13)24-20(26)17-11-5-4-8-16(11)32-22(17)25-21(27)18-14-9-10-15(31-14)19(18)23(28)29/h2-3,6-7,14-15,18-19H,4-5,8-10H2,1H3,(H,24,26)(H,25,27)(H,28,29)/t14-,15-,18-,19-/m1/s1. The number of benzene rings is 1. The van der Waals surface area contributed by atoms with E-state index in [4.69, 9.17) is 9.47 Å². The van der Waals surface area contributed by atoms with Gasteiger partial charge in [0.05, 0.1) is 42.4 Å². The maximum atomic E-state index is 13.3. The van der Waals surface area contributed by atoms with Crippen LogP contribution in [0, 0.1) is 11.8 Å². The number of ether oxygens (including phenoxy) is 2. The molecule has 9 heteroatoms. The summed E-state index contributed by atoms with van der Waals surface area (Å²) in [6, 6.07) is 7.14. The first-order valence-electron chi connectivity index (χ1n) is 10.8. The number of hydrogen-bond donors (Lipinski definition) is 3. The molecule has 0 spiro atoms. The Kier molecular flexibility index (Phi) is 5.38. The second kappa shape index (κ2) is 8.22. The minimum absolute atomic E-state index is 0.317. The van der Waals surface area contributed by atoms with Crippen molar-refractivity contribution in [3.05, 3.63) is 40.3 Å². The van der Waals surface area contributed by atoms with Crippen LogP contribution in [0.1, 0.15) is 40.1 Å². The summed E-state index contributed by atoms with van der Waals surface area (Å²) >= 11 is 1.40. The Labute approximate surface area is 188 Å². The van der Waals surface area contributed by atoms with E-state index < -0.39 is 35.9 Å². The van der Waals surface area contributed by atoms with E-state index in [1.165, 1.54) is 18.4 Å². The number of para-hydroxylation sites is 2. The van der Waals surface area contributed by atoms with Crippen LogP contribution in [0.15, 0.2) is 24.3 Å². The minimum atomic E-state index is -1.01. The number of rotatable bonds is 6. The molecule has 3 N–H and O–H groups in total. The fraction of sp³-hybridized carbons (Fsp3) is 0.435. The topological polar surface area (TPSA) is 114 Å². The number of anilines is 2. The van der Waals surface area contributed by atoms with Gasteiger partial charge in [0, 0.05) is 4.88 Å². The lowest BCUT2D eigenvalue weighted by atomic mass is 9.79. The lowest BCUT2D eigenvalue weighted by molar-refractivity contribution is -0.147. The van der Waals surface area contributed by atoms with Crippen molar-refractivity contribution in [3.63, 3.8) is 0 Å². The zero-order valence-electron chi connectivity index (χ0n) is 17.6. The number of thiophene rings is 1. The number of carbonyl (C=O) groups is 3. The van der Waals surface area contributed by atoms with E-state index in [1.54, 1.807) is 18.2 Å². The van der Waals surface area contributed by atoms with Crippen LogP contribution in [0.3, 0.4) is 0 Å². The third-order valence-electron chi connectivity index (χ3n) is 6.60. The van der Waals surface area contributed by atoms with Gasteiger partial charge in [-0.2, -0.15) is 0 Å². The second-order valence-corrected chi connectivity index (χ2v) is 9.49. The van der Waals surface area contributed by atoms with Crippen LogP contribution in [-0.4, -0.2) is 42.2 Å². The van der Waals surface area contributed by atoms with Crippen molar-refractivity contribution in [1.29, 1.82) is 0 Å². The van der Waals surface area contributed by atoms with Gasteiger partial charge in [0.2, 0.25) is 5.91 Å². The van der Waals surface area contributed by atoms with Crippen LogP contribution < -0.4 is 15.4 Å². The molecule has 0 radical (unpaired) electrons. The zero-order chi connectivity index (χ0) is 22.4. The first kappa shape index (κ1) is 21.0. The summed E-state index contributed by atoms with van der Waals surface area (Å²) in [5, 5.41) is 15.9. The van der Waals surface area contributed by atoms with Crippen molar-refractivity contribution in [2.45, 2.75) is 44.3 Å². The van der Waals surface area contributed by atoms with Crippen molar-refractivity contribution in [2.75, 3.05) is 17.7 Å². The highest BCUT2D eigenvalue weighted by molar-refractivity contribution is 7.17. The normalized spacial score (nSPS) is 25.4. The summed E-state index contributed by atoms with van der Waals surface area (Å²) in [5.41, 5.74) is 1.96. The molecule has 2 amide bonds. The number of fused-ring (bicyclic) bond motifs is 3. The highest BCUT2D eigenvalue weighted by Gasteiger charge is 2.55. The maximum Gasteiger partial charge on any atom is 0.310 e. The highest BCUT2D eigenvalue weighted by atomic mass is 32.1. The van der Waals surface area contributed by atoms with Gasteiger partial charge in [-0.3, -0.25) is 14.4 Å². The van der Waals surface area contributed by atoms with Gasteiger partial charge in [0.15, 0.2) is 0 Å². The van der Waals surface area contributed by atoms with Gasteiger partial charge in [-0.1, -0.05) is 12.1 Å². The fourth-order valence-corrected chi connectivity index (χ4v) is 6.47. The number of carbonyl (C=O) groups excluding carboxylic acids is 2. The van der Waals surface area contributed by atoms with Crippen molar-refractivity contribution in [3.8, 4) is 5.75 Å². The fourth-order valence-electron chi connectivity index (χ4n) is 5.19. The molecule has 2 aliphatic heterocycles. The first-order chi connectivity index (χ1) is 15.5. The molecule has 4 atom stereocenters. The monoisotopic (exact) mass is 456 g/mol. The van der Waals surface area contributed by atoms with Crippen LogP contribution in [0.25, 0.3) is 0 Å². The number of methoxy groups -OCH3 is 1. The van der Waals surface area contributed by atoms with Crippen LogP contribution >= 0.6 is 11.3 Å². The van der Waals surface area contributed by atoms with Crippen LogP contribution in [0.4, 0.5) is 10.7 Å². The molecule has 1 aromatic carbocycles. The number of aryl methyl sites for hydroxylation is 1. The molecular weight excluding hydrogens is 432 g/mol. The molecular formula is C23H24N2O6S. The predicted octanol–water partition coefficient (Wildman–Crippen LogP) is 3.31. The first-order valence-corrected chi connectivity index (χ1v) is 11.6. The Balaban J connectivity index is 1.42. The van der Waals surface area contributed by atoms with Gasteiger partial charge >= 0.3 is 5.97 Å². The molecule has 1 aromatic heterocycles. The smallest absolute Gasteiger partial charge is 0.310 e. The summed E-state index contributed by atoms with van der Waals surface area (Å²) in [7, 11) is 1.54. The molecule has 2 bridgehead atoms. The van der Waals surface area contributed by atoms with Gasteiger partial charge in [0.1, 0.15) is 10.8 Å². The van der Waals surface area contributed by atoms with Crippen molar-refractivity contribution < 1.29 is 29.0 Å². The SMILES string of the molecule is COc1ccccc1NC(=O)c1c(NC(=O)[C@H]2[C@H](C(=O)O)[C@H]3CC[C@H]2O3)sc2c1CCC2. The number of carboxylic acids is 1. The average Bonchev–Trinajstić information content (AvgIpc) is 3.54. The van der Waals surface area contributed by atoms with Gasteiger partial charge in [-0.15, -0.1) is 11.3 Å². The van der Waals surface area contributed by atoms with E-state index >= 15 is 0 Å². The maximum absolute atomic E-state index is 13.3. The summed E-state index contributed by atoms with van der Waals surface area (Å²) < 4.78 is 11.1. The lowest BCUT2D eigenvalue weighted by Gasteiger charge is -2.23. The largest absolute Gasteiger partial charge is 0.495 e. The number of aliphatic carboxylic acids is 1. The number of hydrogen-bond acceptors (Lipinski definition) is 6. The quantitative estimate of drug-likeness (QED) is 0.615. The Morgan fingerprint density at radius 3 is 2.59 bits per heavy atom. The van der Waals surface area contributed by atoms with E-state index in [1.807, 2.05) is 6.07 Å². The molecule has 3 heterocycles. The molecule has 2 fully saturated rings. The number of nitrogens with one attached hydrogen (secondary N) is 2. The molecule has 5 rings (SSSR count). The molecule has 2 aromatic rings. The van der Waals surface area contributed by atoms with Crippen molar-refractivity contribution >= 4 is 39.8 Å². The minimum Gasteiger partial charge on any atom is -0.495 e. The molecule has 2 saturated heterocycles. The van der Waals surface area contributed by atoms with Gasteiger partial charge in [-0.25, -0.2) is 0 Å². The van der Waals surface area contributed by atoms with Crippen molar-refractivity contribution in [1.82, 2.24) is 0 Å². The molecule has 0 saturated carbocycles. The average molecular weight is 457 g/mol. The third kappa shape index (κ3) is 3.45. The summed E-state index contributed by atoms with van der Waals surface area (Å²) in [5.74, 6) is -2.79. The number of amides is 2. The lowest BCUT2D eigenvalue weighted by Crippen LogP contribution is -2.41. The van der Waals surface area contributed by atoms with E-state index in [9.17, 15) is 19.5 Å². The third-order valence-corrected chi connectivity index (χ3v) is 7.81. The van der Waals surface area contributed by atoms with Crippen molar-refractivity contribution in [2.24, 2.45) is 11.8 Å². The Morgan fingerprint density at radius 1 is 1.09 bits per heavy atom. The second-order valence-electron chi connectivity index (χ2n) is 8.39. The molecule has 3 aliphatic rings. The van der Waals surface area contributed by atoms with Gasteiger partial charge in [0.25, 0.3) is 5.91 Å². The summed E-state index contributed by atoms with van der Waals surface area (Å²) in [6.45, 7) is 0. The molecule has 1 aliphatic carbocycles. The summed E-state index contributed by atoms with van der Waals surface area (Å²) in [6.07, 6.45) is 3.12. The Morgan fingerprint density at radius 2 is 1.84 bits per heavy atom. The molecule has 32 heavy (non-hydrogen) atoms. The molecule has 168 valence electrons. The summed E-state index contributed by atoms with van der Waals surface area (Å²) in [4.78, 5) is 39.3. The van der Waals surface area contributed by atoms with E-state index in [-0.39, 0.29) is 5.91 Å². The van der Waals surface area contributed by atoms with E-state index in [2.05, 4.69) is 10.6 Å². The van der Waals surface area contributed by atoms with Gasteiger partial charge < -0.3 is 25.2 Å². The van der Waals surface area contributed by atoms with Crippen LogP contribution in [0.5, 0.6) is 5.75 Å². The van der Waals surface area contributed by atoms with Gasteiger partial charge in [-0.05, 0) is 49.8 Å². The van der Waals surface area contributed by atoms with E-state index in [0.717, 1.165) is 29.7 Å². The van der Waals surface area contributed by atoms with Crippen LogP contribution in [-0.2, 0) is 27.2 Å². The highest BCUT2D eigenvalue weighted by Crippen LogP contribution is 2.45.